The number of hydrogen-bond acceptors (Lipinski definition) is 4. The summed E-state index contributed by atoms with van der Waals surface area (Å²) in [4.78, 5) is 3.99. The van der Waals surface area contributed by atoms with Crippen LogP contribution in [0.3, 0.4) is 0 Å². The van der Waals surface area contributed by atoms with Crippen molar-refractivity contribution in [3.8, 4) is 5.75 Å². The van der Waals surface area contributed by atoms with E-state index >= 15 is 0 Å². The minimum Gasteiger partial charge on any atom is -0.489 e. The average molecular weight is 242 g/mol. The highest BCUT2D eigenvalue weighted by Gasteiger charge is 2.24. The molecular formula is C10H14N2O3S. The van der Waals surface area contributed by atoms with Crippen molar-refractivity contribution in [2.75, 3.05) is 11.0 Å². The Morgan fingerprint density at radius 2 is 2.19 bits per heavy atom. The van der Waals surface area contributed by atoms with Crippen LogP contribution in [0.15, 0.2) is 12.3 Å². The van der Waals surface area contributed by atoms with Gasteiger partial charge >= 0.3 is 0 Å². The summed E-state index contributed by atoms with van der Waals surface area (Å²) in [5.41, 5.74) is 0.882. The molecule has 1 aromatic rings. The molecule has 1 heterocycles. The van der Waals surface area contributed by atoms with Gasteiger partial charge in [0.25, 0.3) is 0 Å². The maximum atomic E-state index is 11.0. The first-order chi connectivity index (χ1) is 7.44. The lowest BCUT2D eigenvalue weighted by atomic mass is 10.3. The van der Waals surface area contributed by atoms with E-state index in [2.05, 4.69) is 9.71 Å². The number of ether oxygens (including phenoxy) is 1. The molecular weight excluding hydrogens is 228 g/mol. The SMILES string of the molecule is Cc1cc(NS(C)(=O)=O)ncc1OC1CC1. The monoisotopic (exact) mass is 242 g/mol. The average Bonchev–Trinajstić information content (AvgIpc) is 2.90. The Labute approximate surface area is 94.9 Å². The van der Waals surface area contributed by atoms with Crippen molar-refractivity contribution >= 4 is 15.8 Å². The van der Waals surface area contributed by atoms with Crippen LogP contribution in [0.5, 0.6) is 5.75 Å². The topological polar surface area (TPSA) is 68.3 Å². The van der Waals surface area contributed by atoms with Gasteiger partial charge in [-0.05, 0) is 31.4 Å². The van der Waals surface area contributed by atoms with E-state index in [1.807, 2.05) is 6.92 Å². The lowest BCUT2D eigenvalue weighted by Crippen LogP contribution is -2.11. The summed E-state index contributed by atoms with van der Waals surface area (Å²) in [6.45, 7) is 1.87. The first-order valence-corrected chi connectivity index (χ1v) is 6.94. The number of aromatic nitrogens is 1. The first kappa shape index (κ1) is 11.2. The molecule has 0 bridgehead atoms. The molecule has 0 atom stereocenters. The smallest absolute Gasteiger partial charge is 0.230 e. The Bertz CT molecular complexity index is 495. The van der Waals surface area contributed by atoms with Gasteiger partial charge in [0.15, 0.2) is 0 Å². The van der Waals surface area contributed by atoms with Crippen LogP contribution >= 0.6 is 0 Å². The second-order valence-electron chi connectivity index (χ2n) is 4.03. The van der Waals surface area contributed by atoms with Gasteiger partial charge in [-0.1, -0.05) is 0 Å². The molecule has 2 rings (SSSR count). The van der Waals surface area contributed by atoms with Crippen molar-refractivity contribution in [2.24, 2.45) is 0 Å². The van der Waals surface area contributed by atoms with Gasteiger partial charge in [0.2, 0.25) is 10.0 Å². The first-order valence-electron chi connectivity index (χ1n) is 5.05. The fourth-order valence-electron chi connectivity index (χ4n) is 1.28. The van der Waals surface area contributed by atoms with Gasteiger partial charge in [0.05, 0.1) is 18.6 Å². The number of aryl methyl sites for hydroxylation is 1. The fourth-order valence-corrected chi connectivity index (χ4v) is 1.77. The van der Waals surface area contributed by atoms with E-state index in [9.17, 15) is 8.42 Å². The number of nitrogens with zero attached hydrogens (tertiary/aromatic N) is 1. The summed E-state index contributed by atoms with van der Waals surface area (Å²) in [5.74, 6) is 1.05. The normalized spacial score (nSPS) is 15.9. The molecule has 1 aromatic heterocycles. The van der Waals surface area contributed by atoms with Crippen molar-refractivity contribution in [2.45, 2.75) is 25.9 Å². The summed E-state index contributed by atoms with van der Waals surface area (Å²) >= 11 is 0. The summed E-state index contributed by atoms with van der Waals surface area (Å²) in [6, 6.07) is 1.67. The molecule has 0 aliphatic heterocycles. The molecule has 1 aliphatic rings. The maximum Gasteiger partial charge on any atom is 0.230 e. The summed E-state index contributed by atoms with van der Waals surface area (Å²) in [6.07, 6.45) is 5.14. The highest BCUT2D eigenvalue weighted by molar-refractivity contribution is 7.92. The molecule has 5 nitrogen and oxygen atoms in total. The van der Waals surface area contributed by atoms with E-state index in [0.717, 1.165) is 30.4 Å². The lowest BCUT2D eigenvalue weighted by Gasteiger charge is -2.09. The number of pyridine rings is 1. The Balaban J connectivity index is 2.14. The number of anilines is 1. The van der Waals surface area contributed by atoms with Crippen LogP contribution in [-0.2, 0) is 10.0 Å². The quantitative estimate of drug-likeness (QED) is 0.864. The molecule has 1 saturated carbocycles. The van der Waals surface area contributed by atoms with Gasteiger partial charge in [-0.15, -0.1) is 0 Å². The lowest BCUT2D eigenvalue weighted by molar-refractivity contribution is 0.300. The number of hydrogen-bond donors (Lipinski definition) is 1. The predicted octanol–water partition coefficient (Wildman–Crippen LogP) is 1.30. The third-order valence-corrected chi connectivity index (χ3v) is 2.75. The van der Waals surface area contributed by atoms with E-state index in [4.69, 9.17) is 4.74 Å². The number of nitrogens with one attached hydrogen (secondary N) is 1. The zero-order valence-corrected chi connectivity index (χ0v) is 10.0. The van der Waals surface area contributed by atoms with Crippen molar-refractivity contribution in [3.63, 3.8) is 0 Å². The van der Waals surface area contributed by atoms with Crippen LogP contribution in [0.2, 0.25) is 0 Å². The Morgan fingerprint density at radius 3 is 2.69 bits per heavy atom. The highest BCUT2D eigenvalue weighted by atomic mass is 32.2. The number of sulfonamides is 1. The Morgan fingerprint density at radius 1 is 1.50 bits per heavy atom. The summed E-state index contributed by atoms with van der Waals surface area (Å²) in [5, 5.41) is 0. The van der Waals surface area contributed by atoms with Crippen molar-refractivity contribution in [3.05, 3.63) is 17.8 Å². The second-order valence-corrected chi connectivity index (χ2v) is 5.77. The molecule has 0 aromatic carbocycles. The van der Waals surface area contributed by atoms with Gasteiger partial charge in [0, 0.05) is 0 Å². The second kappa shape index (κ2) is 3.93. The van der Waals surface area contributed by atoms with Gasteiger partial charge in [-0.25, -0.2) is 13.4 Å². The molecule has 88 valence electrons. The molecule has 0 spiro atoms. The Kier molecular flexibility index (Phi) is 2.75. The van der Waals surface area contributed by atoms with Gasteiger partial charge in [-0.2, -0.15) is 0 Å². The van der Waals surface area contributed by atoms with E-state index in [0.29, 0.717) is 11.9 Å². The van der Waals surface area contributed by atoms with E-state index in [1.54, 1.807) is 12.3 Å². The molecule has 0 radical (unpaired) electrons. The minimum absolute atomic E-state index is 0.314. The third kappa shape index (κ3) is 3.10. The molecule has 1 N–H and O–H groups in total. The van der Waals surface area contributed by atoms with Crippen molar-refractivity contribution < 1.29 is 13.2 Å². The van der Waals surface area contributed by atoms with Crippen LogP contribution in [0.25, 0.3) is 0 Å². The molecule has 0 unspecified atom stereocenters. The van der Waals surface area contributed by atoms with Crippen LogP contribution in [0.1, 0.15) is 18.4 Å². The largest absolute Gasteiger partial charge is 0.489 e. The van der Waals surface area contributed by atoms with Crippen molar-refractivity contribution in [1.29, 1.82) is 0 Å². The standard InChI is InChI=1S/C10H14N2O3S/c1-7-5-10(12-16(2,13)14)11-6-9(7)15-8-3-4-8/h5-6,8H,3-4H2,1-2H3,(H,11,12). The van der Waals surface area contributed by atoms with Crippen LogP contribution in [-0.4, -0.2) is 25.8 Å². The van der Waals surface area contributed by atoms with Gasteiger partial charge in [-0.3, -0.25) is 4.72 Å². The third-order valence-electron chi connectivity index (χ3n) is 2.17. The molecule has 6 heteroatoms. The Hall–Kier alpha value is -1.30. The summed E-state index contributed by atoms with van der Waals surface area (Å²) in [7, 11) is -3.27. The number of rotatable bonds is 4. The highest BCUT2D eigenvalue weighted by Crippen LogP contribution is 2.29. The van der Waals surface area contributed by atoms with E-state index in [-0.39, 0.29) is 0 Å². The van der Waals surface area contributed by atoms with E-state index < -0.39 is 10.0 Å². The van der Waals surface area contributed by atoms with E-state index in [1.165, 1.54) is 0 Å². The molecule has 1 aliphatic carbocycles. The van der Waals surface area contributed by atoms with Crippen LogP contribution in [0, 0.1) is 6.92 Å². The van der Waals surface area contributed by atoms with Gasteiger partial charge < -0.3 is 4.74 Å². The fraction of sp³-hybridized carbons (Fsp3) is 0.500. The zero-order chi connectivity index (χ0) is 11.8. The predicted molar refractivity (Wildman–Crippen MR) is 61.1 cm³/mol. The minimum atomic E-state index is -3.27. The van der Waals surface area contributed by atoms with Crippen LogP contribution in [0.4, 0.5) is 5.82 Å². The molecule has 1 fully saturated rings. The zero-order valence-electron chi connectivity index (χ0n) is 9.23. The van der Waals surface area contributed by atoms with Crippen LogP contribution < -0.4 is 9.46 Å². The van der Waals surface area contributed by atoms with Crippen molar-refractivity contribution in [1.82, 2.24) is 4.98 Å². The maximum absolute atomic E-state index is 11.0. The molecule has 0 amide bonds. The van der Waals surface area contributed by atoms with Gasteiger partial charge in [0.1, 0.15) is 11.6 Å². The summed E-state index contributed by atoms with van der Waals surface area (Å²) < 4.78 is 29.9. The molecule has 16 heavy (non-hydrogen) atoms. The molecule has 0 saturated heterocycles.